The molecule has 0 aliphatic carbocycles. The lowest BCUT2D eigenvalue weighted by Gasteiger charge is -2.18. The Hall–Kier alpha value is -3.37. The van der Waals surface area contributed by atoms with E-state index < -0.39 is 0 Å². The molecule has 0 aromatic heterocycles. The van der Waals surface area contributed by atoms with Gasteiger partial charge < -0.3 is 5.32 Å². The van der Waals surface area contributed by atoms with Crippen molar-refractivity contribution in [3.05, 3.63) is 100 Å². The van der Waals surface area contributed by atoms with Gasteiger partial charge >= 0.3 is 0 Å². The van der Waals surface area contributed by atoms with Crippen LogP contribution in [0, 0.1) is 13.8 Å². The Labute approximate surface area is 174 Å². The van der Waals surface area contributed by atoms with Crippen molar-refractivity contribution in [2.45, 2.75) is 13.8 Å². The van der Waals surface area contributed by atoms with Gasteiger partial charge in [-0.2, -0.15) is 0 Å². The molecule has 4 rings (SSSR count). The number of aryl methyl sites for hydroxylation is 2. The number of hydrogen-bond donors (Lipinski definition) is 1. The second kappa shape index (κ2) is 7.57. The van der Waals surface area contributed by atoms with Gasteiger partial charge in [0.25, 0.3) is 11.8 Å². The summed E-state index contributed by atoms with van der Waals surface area (Å²) in [5, 5.41) is 3.72. The second-order valence-electron chi connectivity index (χ2n) is 6.98. The van der Waals surface area contributed by atoms with Gasteiger partial charge in [-0.1, -0.05) is 54.1 Å². The third-order valence-corrected chi connectivity index (χ3v) is 5.12. The van der Waals surface area contributed by atoms with Gasteiger partial charge in [0.05, 0.1) is 11.3 Å². The highest BCUT2D eigenvalue weighted by Gasteiger charge is 2.40. The average Bonchev–Trinajstić information content (AvgIpc) is 2.95. The molecule has 0 saturated carbocycles. The number of nitrogens with one attached hydrogen (secondary N) is 1. The molecule has 1 N–H and O–H groups in total. The van der Waals surface area contributed by atoms with Crippen LogP contribution in [0.3, 0.4) is 0 Å². The number of amides is 2. The number of carbonyl (C=O) groups excluding carboxylic acids is 2. The summed E-state index contributed by atoms with van der Waals surface area (Å²) in [6.07, 6.45) is 0. The normalized spacial score (nSPS) is 14.0. The fourth-order valence-electron chi connectivity index (χ4n) is 3.37. The number of halogens is 1. The van der Waals surface area contributed by atoms with Gasteiger partial charge in [0.1, 0.15) is 5.70 Å². The Morgan fingerprint density at radius 1 is 0.828 bits per heavy atom. The average molecular weight is 403 g/mol. The number of nitrogens with zero attached hydrogens (tertiary/aromatic N) is 1. The summed E-state index contributed by atoms with van der Waals surface area (Å²) in [7, 11) is 0. The predicted octanol–water partition coefficient (Wildman–Crippen LogP) is 5.35. The maximum atomic E-state index is 13.4. The molecule has 1 aliphatic rings. The Morgan fingerprint density at radius 2 is 1.52 bits per heavy atom. The number of hydrogen-bond acceptors (Lipinski definition) is 3. The monoisotopic (exact) mass is 402 g/mol. The fourth-order valence-corrected chi connectivity index (χ4v) is 3.50. The van der Waals surface area contributed by atoms with Crippen LogP contribution in [-0.4, -0.2) is 11.8 Å². The van der Waals surface area contributed by atoms with Crippen molar-refractivity contribution in [1.29, 1.82) is 0 Å². The van der Waals surface area contributed by atoms with E-state index in [9.17, 15) is 9.59 Å². The lowest BCUT2D eigenvalue weighted by Crippen LogP contribution is -2.33. The van der Waals surface area contributed by atoms with Crippen LogP contribution in [0.2, 0.25) is 5.02 Å². The van der Waals surface area contributed by atoms with Gasteiger partial charge in [-0.25, -0.2) is 4.90 Å². The van der Waals surface area contributed by atoms with E-state index in [2.05, 4.69) is 5.32 Å². The Bertz CT molecular complexity index is 1140. The van der Waals surface area contributed by atoms with Crippen molar-refractivity contribution in [3.8, 4) is 0 Å². The number of imide groups is 1. The molecule has 0 radical (unpaired) electrons. The molecule has 3 aromatic carbocycles. The van der Waals surface area contributed by atoms with E-state index in [1.807, 2.05) is 62.4 Å². The molecule has 4 nitrogen and oxygen atoms in total. The summed E-state index contributed by atoms with van der Waals surface area (Å²) in [6, 6.07) is 22.0. The van der Waals surface area contributed by atoms with Crippen LogP contribution >= 0.6 is 11.6 Å². The van der Waals surface area contributed by atoms with Crippen molar-refractivity contribution in [2.75, 3.05) is 10.2 Å². The largest absolute Gasteiger partial charge is 0.350 e. The SMILES string of the molecule is Cc1ccc(C)c(N2C(=O)C(Nc3ccccc3)=C(c3ccc(Cl)cc3)C2=O)c1. The number of rotatable bonds is 4. The molecule has 0 spiro atoms. The lowest BCUT2D eigenvalue weighted by atomic mass is 10.0. The number of benzene rings is 3. The predicted molar refractivity (Wildman–Crippen MR) is 117 cm³/mol. The highest BCUT2D eigenvalue weighted by atomic mass is 35.5. The molecule has 1 aliphatic heterocycles. The van der Waals surface area contributed by atoms with Crippen LogP contribution < -0.4 is 10.2 Å². The van der Waals surface area contributed by atoms with Gasteiger partial charge in [0.15, 0.2) is 0 Å². The van der Waals surface area contributed by atoms with Crippen molar-refractivity contribution in [2.24, 2.45) is 0 Å². The molecule has 3 aromatic rings. The number of carbonyl (C=O) groups is 2. The zero-order valence-electron chi connectivity index (χ0n) is 16.1. The van der Waals surface area contributed by atoms with Crippen molar-refractivity contribution in [3.63, 3.8) is 0 Å². The number of para-hydroxylation sites is 1. The molecular weight excluding hydrogens is 384 g/mol. The molecule has 29 heavy (non-hydrogen) atoms. The fraction of sp³-hybridized carbons (Fsp3) is 0.0833. The Balaban J connectivity index is 1.85. The Morgan fingerprint density at radius 3 is 2.21 bits per heavy atom. The summed E-state index contributed by atoms with van der Waals surface area (Å²) < 4.78 is 0. The van der Waals surface area contributed by atoms with Gasteiger partial charge in [-0.3, -0.25) is 9.59 Å². The molecule has 5 heteroatoms. The summed E-state index contributed by atoms with van der Waals surface area (Å²) >= 11 is 6.02. The second-order valence-corrected chi connectivity index (χ2v) is 7.42. The number of anilines is 2. The summed E-state index contributed by atoms with van der Waals surface area (Å²) in [5.41, 5.74) is 4.38. The van der Waals surface area contributed by atoms with E-state index in [1.165, 1.54) is 4.90 Å². The van der Waals surface area contributed by atoms with E-state index >= 15 is 0 Å². The van der Waals surface area contributed by atoms with E-state index in [-0.39, 0.29) is 17.5 Å². The molecule has 0 unspecified atom stereocenters. The van der Waals surface area contributed by atoms with E-state index in [0.717, 1.165) is 16.8 Å². The van der Waals surface area contributed by atoms with Crippen LogP contribution in [0.1, 0.15) is 16.7 Å². The first-order valence-corrected chi connectivity index (χ1v) is 9.62. The van der Waals surface area contributed by atoms with Crippen molar-refractivity contribution < 1.29 is 9.59 Å². The minimum absolute atomic E-state index is 0.254. The first-order valence-electron chi connectivity index (χ1n) is 9.24. The molecule has 0 atom stereocenters. The van der Waals surface area contributed by atoms with Crippen LogP contribution in [0.15, 0.2) is 78.5 Å². The molecular formula is C24H19ClN2O2. The first kappa shape index (κ1) is 19.0. The van der Waals surface area contributed by atoms with Gasteiger partial charge in [0.2, 0.25) is 0 Å². The molecule has 1 heterocycles. The molecule has 144 valence electrons. The van der Waals surface area contributed by atoms with Gasteiger partial charge in [-0.05, 0) is 60.9 Å². The van der Waals surface area contributed by atoms with Crippen LogP contribution in [0.25, 0.3) is 5.57 Å². The highest BCUT2D eigenvalue weighted by molar-refractivity contribution is 6.46. The molecule has 2 amide bonds. The maximum absolute atomic E-state index is 13.4. The smallest absolute Gasteiger partial charge is 0.282 e. The van der Waals surface area contributed by atoms with Crippen molar-refractivity contribution in [1.82, 2.24) is 0 Å². The minimum atomic E-state index is -0.377. The molecule has 0 saturated heterocycles. The highest BCUT2D eigenvalue weighted by Crippen LogP contribution is 2.35. The third kappa shape index (κ3) is 3.55. The lowest BCUT2D eigenvalue weighted by molar-refractivity contribution is -0.120. The Kier molecular flexibility index (Phi) is 4.95. The van der Waals surface area contributed by atoms with Crippen LogP contribution in [-0.2, 0) is 9.59 Å². The third-order valence-electron chi connectivity index (χ3n) is 4.87. The van der Waals surface area contributed by atoms with Crippen LogP contribution in [0.4, 0.5) is 11.4 Å². The summed E-state index contributed by atoms with van der Waals surface area (Å²) in [6.45, 7) is 3.82. The minimum Gasteiger partial charge on any atom is -0.350 e. The maximum Gasteiger partial charge on any atom is 0.282 e. The molecule has 0 fully saturated rings. The zero-order chi connectivity index (χ0) is 20.5. The van der Waals surface area contributed by atoms with E-state index in [4.69, 9.17) is 11.6 Å². The summed E-state index contributed by atoms with van der Waals surface area (Å²) in [4.78, 5) is 28.1. The van der Waals surface area contributed by atoms with Crippen molar-refractivity contribution >= 4 is 40.4 Å². The van der Waals surface area contributed by atoms with E-state index in [1.54, 1.807) is 24.3 Å². The standard InChI is InChI=1S/C24H19ClN2O2/c1-15-8-9-16(2)20(14-15)27-23(28)21(17-10-12-18(25)13-11-17)22(24(27)29)26-19-6-4-3-5-7-19/h3-14,26H,1-2H3. The van der Waals surface area contributed by atoms with Gasteiger partial charge in [0, 0.05) is 10.7 Å². The summed E-state index contributed by atoms with van der Waals surface area (Å²) in [5.74, 6) is -0.734. The zero-order valence-corrected chi connectivity index (χ0v) is 16.8. The topological polar surface area (TPSA) is 49.4 Å². The molecule has 0 bridgehead atoms. The first-order chi connectivity index (χ1) is 14.0. The quantitative estimate of drug-likeness (QED) is 0.598. The van der Waals surface area contributed by atoms with E-state index in [0.29, 0.717) is 21.8 Å². The van der Waals surface area contributed by atoms with Crippen LogP contribution in [0.5, 0.6) is 0 Å². The van der Waals surface area contributed by atoms with Gasteiger partial charge in [-0.15, -0.1) is 0 Å².